The average Bonchev–Trinajstić information content (AvgIpc) is 2.29. The third-order valence-corrected chi connectivity index (χ3v) is 2.49. The first-order valence-electron chi connectivity index (χ1n) is 5.14. The van der Waals surface area contributed by atoms with Gasteiger partial charge in [-0.05, 0) is 24.6 Å². The van der Waals surface area contributed by atoms with Crippen molar-refractivity contribution < 1.29 is 0 Å². The van der Waals surface area contributed by atoms with Crippen LogP contribution in [0.25, 0.3) is 5.57 Å². The lowest BCUT2D eigenvalue weighted by Gasteiger charge is -2.06. The molecule has 2 nitrogen and oxygen atoms in total. The van der Waals surface area contributed by atoms with Crippen molar-refractivity contribution >= 4 is 11.3 Å². The molecule has 0 radical (unpaired) electrons. The van der Waals surface area contributed by atoms with Crippen LogP contribution in [0.5, 0.6) is 0 Å². The van der Waals surface area contributed by atoms with Gasteiger partial charge in [0.2, 0.25) is 0 Å². The van der Waals surface area contributed by atoms with Gasteiger partial charge in [-0.2, -0.15) is 0 Å². The van der Waals surface area contributed by atoms with Crippen molar-refractivity contribution in [3.8, 4) is 0 Å². The second kappa shape index (κ2) is 4.19. The van der Waals surface area contributed by atoms with Crippen LogP contribution in [0, 0.1) is 6.92 Å². The van der Waals surface area contributed by atoms with Gasteiger partial charge in [-0.3, -0.25) is 4.98 Å². The Balaban J connectivity index is 2.35. The maximum Gasteiger partial charge on any atom is 0.0722 e. The van der Waals surface area contributed by atoms with Crippen molar-refractivity contribution in [3.63, 3.8) is 0 Å². The highest BCUT2D eigenvalue weighted by atomic mass is 14.7. The van der Waals surface area contributed by atoms with Crippen LogP contribution in [-0.4, -0.2) is 4.98 Å². The van der Waals surface area contributed by atoms with E-state index in [-0.39, 0.29) is 0 Å². The highest BCUT2D eigenvalue weighted by Crippen LogP contribution is 2.21. The van der Waals surface area contributed by atoms with Crippen molar-refractivity contribution in [1.82, 2.24) is 4.98 Å². The summed E-state index contributed by atoms with van der Waals surface area (Å²) in [5.74, 6) is 0. The number of hydrogen-bond donors (Lipinski definition) is 1. The van der Waals surface area contributed by atoms with E-state index in [9.17, 15) is 0 Å². The maximum atomic E-state index is 5.72. The minimum absolute atomic E-state index is 0.707. The van der Waals surface area contributed by atoms with Gasteiger partial charge in [0.15, 0.2) is 0 Å². The number of benzene rings is 1. The minimum Gasteiger partial charge on any atom is -0.399 e. The Hall–Kier alpha value is -2.09. The van der Waals surface area contributed by atoms with E-state index in [2.05, 4.69) is 30.6 Å². The van der Waals surface area contributed by atoms with Gasteiger partial charge >= 0.3 is 0 Å². The standard InChI is InChI=1S/C14H14N2/c1-10-3-5-12(6-4-10)11(2)14-9-13(15)7-8-16-14/h3-9H,2H2,1H3,(H2,15,16). The fourth-order valence-electron chi connectivity index (χ4n) is 1.51. The van der Waals surface area contributed by atoms with Gasteiger partial charge in [0.25, 0.3) is 0 Å². The first-order chi connectivity index (χ1) is 7.66. The van der Waals surface area contributed by atoms with Crippen LogP contribution in [-0.2, 0) is 0 Å². The first kappa shape index (κ1) is 10.4. The molecule has 0 atom stereocenters. The van der Waals surface area contributed by atoms with Crippen molar-refractivity contribution in [3.05, 3.63) is 66.0 Å². The summed E-state index contributed by atoms with van der Waals surface area (Å²) < 4.78 is 0. The van der Waals surface area contributed by atoms with Gasteiger partial charge in [-0.25, -0.2) is 0 Å². The second-order valence-electron chi connectivity index (χ2n) is 3.82. The fraction of sp³-hybridized carbons (Fsp3) is 0.0714. The van der Waals surface area contributed by atoms with Crippen LogP contribution in [0.1, 0.15) is 16.8 Å². The van der Waals surface area contributed by atoms with E-state index in [1.807, 2.05) is 18.2 Å². The van der Waals surface area contributed by atoms with Crippen molar-refractivity contribution in [2.24, 2.45) is 0 Å². The van der Waals surface area contributed by atoms with Crippen molar-refractivity contribution in [2.75, 3.05) is 5.73 Å². The molecule has 2 rings (SSSR count). The number of nitrogen functional groups attached to an aromatic ring is 1. The summed E-state index contributed by atoms with van der Waals surface area (Å²) in [4.78, 5) is 4.26. The molecule has 2 heteroatoms. The van der Waals surface area contributed by atoms with Gasteiger partial charge in [-0.15, -0.1) is 0 Å². The number of aryl methyl sites for hydroxylation is 1. The summed E-state index contributed by atoms with van der Waals surface area (Å²) in [6.07, 6.45) is 1.70. The zero-order valence-corrected chi connectivity index (χ0v) is 9.27. The molecule has 16 heavy (non-hydrogen) atoms. The Morgan fingerprint density at radius 2 is 1.88 bits per heavy atom. The van der Waals surface area contributed by atoms with Gasteiger partial charge in [0, 0.05) is 17.5 Å². The summed E-state index contributed by atoms with van der Waals surface area (Å²) in [5.41, 5.74) is 10.4. The van der Waals surface area contributed by atoms with E-state index in [1.165, 1.54) is 5.56 Å². The van der Waals surface area contributed by atoms with E-state index < -0.39 is 0 Å². The molecule has 0 aliphatic rings. The summed E-state index contributed by atoms with van der Waals surface area (Å²) in [7, 11) is 0. The van der Waals surface area contributed by atoms with E-state index in [0.29, 0.717) is 5.69 Å². The Kier molecular flexibility index (Phi) is 2.73. The maximum absolute atomic E-state index is 5.72. The summed E-state index contributed by atoms with van der Waals surface area (Å²) >= 11 is 0. The van der Waals surface area contributed by atoms with E-state index in [4.69, 9.17) is 5.73 Å². The molecule has 0 saturated carbocycles. The molecule has 0 spiro atoms. The number of aromatic nitrogens is 1. The third-order valence-electron chi connectivity index (χ3n) is 2.49. The number of pyridine rings is 1. The van der Waals surface area contributed by atoms with Gasteiger partial charge < -0.3 is 5.73 Å². The quantitative estimate of drug-likeness (QED) is 0.827. The minimum atomic E-state index is 0.707. The normalized spacial score (nSPS) is 10.1. The molecule has 1 aromatic carbocycles. The highest BCUT2D eigenvalue weighted by molar-refractivity contribution is 5.77. The SMILES string of the molecule is C=C(c1ccc(C)cc1)c1cc(N)ccn1. The Morgan fingerprint density at radius 3 is 2.50 bits per heavy atom. The zero-order valence-electron chi connectivity index (χ0n) is 9.27. The number of rotatable bonds is 2. The van der Waals surface area contributed by atoms with E-state index >= 15 is 0 Å². The predicted octanol–water partition coefficient (Wildman–Crippen LogP) is 3.03. The Bertz CT molecular complexity index is 513. The highest BCUT2D eigenvalue weighted by Gasteiger charge is 2.03. The molecule has 0 aliphatic carbocycles. The number of hydrogen-bond acceptors (Lipinski definition) is 2. The topological polar surface area (TPSA) is 38.9 Å². The summed E-state index contributed by atoms with van der Waals surface area (Å²) in [5, 5.41) is 0. The van der Waals surface area contributed by atoms with Crippen LogP contribution in [0.3, 0.4) is 0 Å². The lowest BCUT2D eigenvalue weighted by molar-refractivity contribution is 1.28. The number of anilines is 1. The van der Waals surface area contributed by atoms with Crippen LogP contribution in [0.15, 0.2) is 49.2 Å². The van der Waals surface area contributed by atoms with Gasteiger partial charge in [0.1, 0.15) is 0 Å². The Morgan fingerprint density at radius 1 is 1.19 bits per heavy atom. The smallest absolute Gasteiger partial charge is 0.0722 e. The molecule has 2 aromatic rings. The zero-order chi connectivity index (χ0) is 11.5. The molecule has 0 saturated heterocycles. The van der Waals surface area contributed by atoms with Gasteiger partial charge in [0.05, 0.1) is 5.69 Å². The molecule has 2 N–H and O–H groups in total. The molecule has 0 unspecified atom stereocenters. The fourth-order valence-corrected chi connectivity index (χ4v) is 1.51. The molecule has 0 bridgehead atoms. The molecule has 1 heterocycles. The molecular formula is C14H14N2. The molecule has 0 fully saturated rings. The Labute approximate surface area is 95.5 Å². The average molecular weight is 210 g/mol. The molecular weight excluding hydrogens is 196 g/mol. The number of nitrogens with two attached hydrogens (primary N) is 1. The van der Waals surface area contributed by atoms with E-state index in [1.54, 1.807) is 12.3 Å². The second-order valence-corrected chi connectivity index (χ2v) is 3.82. The third kappa shape index (κ3) is 2.11. The number of nitrogens with zero attached hydrogens (tertiary/aromatic N) is 1. The molecule has 0 aliphatic heterocycles. The van der Waals surface area contributed by atoms with E-state index in [0.717, 1.165) is 16.8 Å². The molecule has 80 valence electrons. The van der Waals surface area contributed by atoms with Crippen LogP contribution >= 0.6 is 0 Å². The van der Waals surface area contributed by atoms with Crippen LogP contribution < -0.4 is 5.73 Å². The lowest BCUT2D eigenvalue weighted by Crippen LogP contribution is -1.93. The lowest BCUT2D eigenvalue weighted by atomic mass is 10.0. The summed E-state index contributed by atoms with van der Waals surface area (Å²) in [6.45, 7) is 6.11. The first-order valence-corrected chi connectivity index (χ1v) is 5.14. The van der Waals surface area contributed by atoms with Crippen molar-refractivity contribution in [2.45, 2.75) is 6.92 Å². The monoisotopic (exact) mass is 210 g/mol. The van der Waals surface area contributed by atoms with Crippen LogP contribution in [0.2, 0.25) is 0 Å². The van der Waals surface area contributed by atoms with Crippen LogP contribution in [0.4, 0.5) is 5.69 Å². The molecule has 1 aromatic heterocycles. The predicted molar refractivity (Wildman–Crippen MR) is 68.0 cm³/mol. The van der Waals surface area contributed by atoms with Crippen molar-refractivity contribution in [1.29, 1.82) is 0 Å². The summed E-state index contributed by atoms with van der Waals surface area (Å²) in [6, 6.07) is 11.8. The largest absolute Gasteiger partial charge is 0.399 e. The molecule has 0 amide bonds. The van der Waals surface area contributed by atoms with Gasteiger partial charge in [-0.1, -0.05) is 36.4 Å².